The number of carbonyl (C=O) groups excluding carboxylic acids is 2. The number of ether oxygens (including phenoxy) is 2. The first kappa shape index (κ1) is 45.7. The molecule has 0 radical (unpaired) electrons. The maximum atomic E-state index is 12.0. The van der Waals surface area contributed by atoms with E-state index in [0.29, 0.717) is 0 Å². The van der Waals surface area contributed by atoms with E-state index in [1.54, 1.807) is 12.2 Å². The third kappa shape index (κ3) is 7.59. The van der Waals surface area contributed by atoms with Gasteiger partial charge >= 0.3 is 11.9 Å². The van der Waals surface area contributed by atoms with Gasteiger partial charge in [0.2, 0.25) is 0 Å². The molecule has 0 heterocycles. The lowest BCUT2D eigenvalue weighted by Crippen LogP contribution is -2.93. The van der Waals surface area contributed by atoms with Crippen LogP contribution in [0.3, 0.4) is 0 Å². The number of nitriles is 2. The SMILES string of the molecule is COC(=O)/C(C#N)=C\c1ccc([Si](C)(C)[Si](C)(C)[Si](C)(C)[Si](C)(C)[Si](C)(C)[Si](C)(C)[Si](C)(C)[Si](C)(C)c2ccc(/C=C(\C#N)C(=O)OC)cc2)cc1. The second-order valence-corrected chi connectivity index (χ2v) is 107. The second-order valence-electron chi connectivity index (χ2n) is 18.6. The average molecular weight is 838 g/mol. The highest BCUT2D eigenvalue weighted by Crippen LogP contribution is 2.45. The smallest absolute Gasteiger partial charge is 0.348 e. The molecule has 0 atom stereocenters. The Morgan fingerprint density at radius 1 is 0.462 bits per heavy atom. The van der Waals surface area contributed by atoms with Crippen molar-refractivity contribution in [3.05, 3.63) is 70.8 Å². The monoisotopic (exact) mass is 836 g/mol. The summed E-state index contributed by atoms with van der Waals surface area (Å²) in [6.07, 6.45) is 3.25. The second kappa shape index (κ2) is 15.7. The quantitative estimate of drug-likeness (QED) is 0.0874. The van der Waals surface area contributed by atoms with Crippen molar-refractivity contribution in [2.75, 3.05) is 14.2 Å². The Labute approximate surface area is 322 Å². The summed E-state index contributed by atoms with van der Waals surface area (Å²) in [5.41, 5.74) is 1.72. The molecule has 0 unspecified atom stereocenters. The number of carbonyl (C=O) groups is 2. The summed E-state index contributed by atoms with van der Waals surface area (Å²) < 4.78 is 9.58. The molecule has 6 nitrogen and oxygen atoms in total. The average Bonchev–Trinajstić information content (AvgIpc) is 3.08. The van der Waals surface area contributed by atoms with Crippen LogP contribution in [0.4, 0.5) is 0 Å². The van der Waals surface area contributed by atoms with Crippen LogP contribution in [0.2, 0.25) is 105 Å². The van der Waals surface area contributed by atoms with Gasteiger partial charge < -0.3 is 9.47 Å². The molecule has 0 spiro atoms. The van der Waals surface area contributed by atoms with Gasteiger partial charge in [0.05, 0.1) is 29.4 Å². The Bertz CT molecular complexity index is 1680. The number of methoxy groups -OCH3 is 2. The van der Waals surface area contributed by atoms with Gasteiger partial charge in [0.15, 0.2) is 0 Å². The lowest BCUT2D eigenvalue weighted by molar-refractivity contribution is -0.136. The molecular weight excluding hydrogens is 773 g/mol. The van der Waals surface area contributed by atoms with Crippen LogP contribution >= 0.6 is 0 Å². The van der Waals surface area contributed by atoms with Crippen molar-refractivity contribution in [3.8, 4) is 12.1 Å². The maximum Gasteiger partial charge on any atom is 0.348 e. The topological polar surface area (TPSA) is 100 Å². The summed E-state index contributed by atoms with van der Waals surface area (Å²) in [5, 5.41) is 21.9. The minimum atomic E-state index is -1.89. The standard InChI is InChI=1S/C38H64N2O4Si8/c1-43-37(41)33(29-39)27-31-19-23-35(24-20-31)45(3,4)47(7,8)49(11,12)51(15,16)52(17,18)50(13,14)48(9,10)46(5,6)36-25-21-32(22-26-36)28-34(30-40)38(42)44-2/h19-28H,1-18H3/b33-27-,34-28+. The summed E-state index contributed by atoms with van der Waals surface area (Å²) in [4.78, 5) is 24.1. The van der Waals surface area contributed by atoms with Gasteiger partial charge in [-0.25, -0.2) is 9.59 Å². The van der Waals surface area contributed by atoms with Crippen LogP contribution < -0.4 is 10.4 Å². The minimum Gasteiger partial charge on any atom is -0.465 e. The minimum absolute atomic E-state index is 0.0124. The molecule has 0 bridgehead atoms. The zero-order chi connectivity index (χ0) is 40.5. The van der Waals surface area contributed by atoms with E-state index in [-0.39, 0.29) is 11.1 Å². The van der Waals surface area contributed by atoms with Crippen LogP contribution in [-0.4, -0.2) is 84.0 Å². The van der Waals surface area contributed by atoms with Gasteiger partial charge in [0.25, 0.3) is 0 Å². The van der Waals surface area contributed by atoms with Gasteiger partial charge in [-0.15, -0.1) is 0 Å². The van der Waals surface area contributed by atoms with Crippen LogP contribution in [0, 0.1) is 22.7 Å². The van der Waals surface area contributed by atoms with Gasteiger partial charge in [-0.05, 0) is 23.3 Å². The van der Waals surface area contributed by atoms with E-state index in [4.69, 9.17) is 9.47 Å². The molecule has 0 N–H and O–H groups in total. The molecular formula is C38H64N2O4Si8. The van der Waals surface area contributed by atoms with Crippen LogP contribution in [0.5, 0.6) is 0 Å². The Morgan fingerprint density at radius 3 is 0.904 bits per heavy atom. The molecule has 0 fully saturated rings. The fourth-order valence-electron chi connectivity index (χ4n) is 8.23. The van der Waals surface area contributed by atoms with E-state index in [0.717, 1.165) is 11.1 Å². The van der Waals surface area contributed by atoms with Crippen molar-refractivity contribution >= 4 is 92.3 Å². The first-order valence-corrected chi connectivity index (χ1v) is 49.1. The number of rotatable bonds is 13. The van der Waals surface area contributed by atoms with Gasteiger partial charge in [-0.1, -0.05) is 164 Å². The highest BCUT2D eigenvalue weighted by molar-refractivity contribution is 8.04. The predicted molar refractivity (Wildman–Crippen MR) is 243 cm³/mol. The lowest BCUT2D eigenvalue weighted by atomic mass is 10.1. The van der Waals surface area contributed by atoms with E-state index in [9.17, 15) is 20.1 Å². The number of esters is 2. The Hall–Kier alpha value is -2.42. The highest BCUT2D eigenvalue weighted by atomic mass is 30.1. The first-order chi connectivity index (χ1) is 23.5. The van der Waals surface area contributed by atoms with Gasteiger partial charge in [0.1, 0.15) is 23.3 Å². The van der Waals surface area contributed by atoms with E-state index in [1.165, 1.54) is 24.6 Å². The van der Waals surface area contributed by atoms with Crippen molar-refractivity contribution in [2.45, 2.75) is 105 Å². The maximum absolute atomic E-state index is 12.0. The molecule has 282 valence electrons. The Balaban J connectivity index is 2.60. The Kier molecular flexibility index (Phi) is 13.8. The molecule has 0 amide bonds. The molecule has 0 saturated heterocycles. The van der Waals surface area contributed by atoms with E-state index in [1.807, 2.05) is 12.1 Å². The first-order valence-electron chi connectivity index (χ1n) is 18.1. The van der Waals surface area contributed by atoms with Crippen LogP contribution in [0.25, 0.3) is 12.2 Å². The summed E-state index contributed by atoms with van der Waals surface area (Å²) in [7, 11) is -11.8. The molecule has 52 heavy (non-hydrogen) atoms. The fraction of sp³-hybridized carbons (Fsp3) is 0.474. The van der Waals surface area contributed by atoms with Gasteiger partial charge in [0, 0.05) is 42.7 Å². The predicted octanol–water partition coefficient (Wildman–Crippen LogP) is 8.18. The molecule has 0 saturated carbocycles. The summed E-state index contributed by atoms with van der Waals surface area (Å²) >= 11 is 0. The van der Waals surface area contributed by atoms with Crippen LogP contribution in [0.1, 0.15) is 11.1 Å². The molecule has 14 heteroatoms. The Morgan fingerprint density at radius 2 is 0.692 bits per heavy atom. The third-order valence-corrected chi connectivity index (χ3v) is 187. The van der Waals surface area contributed by atoms with Crippen molar-refractivity contribution in [2.24, 2.45) is 0 Å². The lowest BCUT2D eigenvalue weighted by Gasteiger charge is -2.65. The zero-order valence-corrected chi connectivity index (χ0v) is 43.3. The summed E-state index contributed by atoms with van der Waals surface area (Å²) in [6, 6.07) is 21.4. The largest absolute Gasteiger partial charge is 0.465 e. The molecule has 0 aromatic heterocycles. The highest BCUT2D eigenvalue weighted by Gasteiger charge is 2.69. The van der Waals surface area contributed by atoms with Crippen molar-refractivity contribution in [1.29, 1.82) is 10.5 Å². The van der Waals surface area contributed by atoms with Gasteiger partial charge in [-0.3, -0.25) is 0 Å². The van der Waals surface area contributed by atoms with Gasteiger partial charge in [-0.2, -0.15) is 10.5 Å². The molecule has 0 aliphatic rings. The molecule has 0 aliphatic heterocycles. The number of nitrogens with zero attached hydrogens (tertiary/aromatic N) is 2. The number of benzene rings is 2. The summed E-state index contributed by atoms with van der Waals surface area (Å²) in [6.45, 7) is 44.0. The van der Waals surface area contributed by atoms with Crippen LogP contribution in [0.15, 0.2) is 59.7 Å². The van der Waals surface area contributed by atoms with Crippen molar-refractivity contribution in [1.82, 2.24) is 0 Å². The number of hydrogen-bond acceptors (Lipinski definition) is 6. The third-order valence-electron chi connectivity index (χ3n) is 15.9. The van der Waals surface area contributed by atoms with E-state index < -0.39 is 69.8 Å². The molecule has 2 rings (SSSR count). The zero-order valence-electron chi connectivity index (χ0n) is 35.3. The molecule has 2 aromatic rings. The summed E-state index contributed by atoms with van der Waals surface area (Å²) in [5.74, 6) is -1.22. The van der Waals surface area contributed by atoms with Crippen molar-refractivity contribution in [3.63, 3.8) is 0 Å². The van der Waals surface area contributed by atoms with Crippen LogP contribution in [-0.2, 0) is 19.1 Å². The number of hydrogen-bond donors (Lipinski definition) is 0. The molecule has 0 aliphatic carbocycles. The normalized spacial score (nSPS) is 14.3. The van der Waals surface area contributed by atoms with E-state index >= 15 is 0 Å². The molecule has 2 aromatic carbocycles. The fourth-order valence-corrected chi connectivity index (χ4v) is 239. The van der Waals surface area contributed by atoms with Crippen molar-refractivity contribution < 1.29 is 19.1 Å². The van der Waals surface area contributed by atoms with E-state index in [2.05, 4.69) is 153 Å².